The molecule has 0 saturated carbocycles. The molecule has 3 aromatic heterocycles. The molecule has 0 bridgehead atoms. The van der Waals surface area contributed by atoms with Crippen molar-refractivity contribution < 1.29 is 4.52 Å². The van der Waals surface area contributed by atoms with Gasteiger partial charge in [-0.25, -0.2) is 4.98 Å². The molecule has 1 aliphatic carbocycles. The van der Waals surface area contributed by atoms with E-state index >= 15 is 0 Å². The Morgan fingerprint density at radius 2 is 2.26 bits per heavy atom. The summed E-state index contributed by atoms with van der Waals surface area (Å²) in [7, 11) is 0. The molecule has 19 heavy (non-hydrogen) atoms. The third kappa shape index (κ3) is 1.69. The summed E-state index contributed by atoms with van der Waals surface area (Å²) >= 11 is 3.15. The van der Waals surface area contributed by atoms with E-state index in [1.807, 2.05) is 5.38 Å². The van der Waals surface area contributed by atoms with Crippen LogP contribution in [0, 0.1) is 0 Å². The number of nitrogens with zero attached hydrogens (tertiary/aromatic N) is 3. The summed E-state index contributed by atoms with van der Waals surface area (Å²) in [6.07, 6.45) is 3.34. The third-order valence-electron chi connectivity index (χ3n) is 3.25. The number of aromatic nitrogens is 3. The maximum absolute atomic E-state index is 6.09. The molecule has 5 nitrogen and oxygen atoms in total. The van der Waals surface area contributed by atoms with Gasteiger partial charge in [-0.3, -0.25) is 0 Å². The summed E-state index contributed by atoms with van der Waals surface area (Å²) in [5.74, 6) is 1.04. The van der Waals surface area contributed by atoms with Gasteiger partial charge in [0.2, 0.25) is 5.82 Å². The van der Waals surface area contributed by atoms with E-state index in [-0.39, 0.29) is 0 Å². The van der Waals surface area contributed by atoms with E-state index in [2.05, 4.69) is 15.1 Å². The Morgan fingerprint density at radius 1 is 1.32 bits per heavy atom. The maximum Gasteiger partial charge on any atom is 0.261 e. The molecule has 0 atom stereocenters. The number of aryl methyl sites for hydroxylation is 1. The van der Waals surface area contributed by atoms with E-state index in [0.29, 0.717) is 11.7 Å². The van der Waals surface area contributed by atoms with Gasteiger partial charge < -0.3 is 10.3 Å². The molecule has 4 rings (SSSR count). The van der Waals surface area contributed by atoms with Crippen LogP contribution in [-0.4, -0.2) is 15.1 Å². The van der Waals surface area contributed by atoms with Gasteiger partial charge in [-0.2, -0.15) is 4.98 Å². The zero-order chi connectivity index (χ0) is 12.8. The fraction of sp³-hybridized carbons (Fsp3) is 0.250. The number of fused-ring (bicyclic) bond motifs is 1. The Morgan fingerprint density at radius 3 is 3.11 bits per heavy atom. The van der Waals surface area contributed by atoms with Crippen molar-refractivity contribution in [2.75, 3.05) is 5.73 Å². The second-order valence-electron chi connectivity index (χ2n) is 4.39. The van der Waals surface area contributed by atoms with Crippen molar-refractivity contribution in [2.24, 2.45) is 0 Å². The molecule has 0 aromatic carbocycles. The van der Waals surface area contributed by atoms with Gasteiger partial charge in [-0.1, -0.05) is 5.16 Å². The van der Waals surface area contributed by atoms with Crippen molar-refractivity contribution in [1.82, 2.24) is 15.1 Å². The summed E-state index contributed by atoms with van der Waals surface area (Å²) in [4.78, 5) is 9.97. The number of anilines is 1. The van der Waals surface area contributed by atoms with Crippen LogP contribution in [0.25, 0.3) is 23.0 Å². The maximum atomic E-state index is 6.09. The molecule has 1 aliphatic rings. The molecular weight excluding hydrogens is 280 g/mol. The molecule has 2 N–H and O–H groups in total. The van der Waals surface area contributed by atoms with E-state index in [1.165, 1.54) is 28.2 Å². The first-order valence-electron chi connectivity index (χ1n) is 5.95. The summed E-state index contributed by atoms with van der Waals surface area (Å²) in [5.41, 5.74) is 10.8. The zero-order valence-electron chi connectivity index (χ0n) is 9.92. The van der Waals surface area contributed by atoms with E-state index < -0.39 is 0 Å². The van der Waals surface area contributed by atoms with Crippen LogP contribution >= 0.6 is 22.7 Å². The van der Waals surface area contributed by atoms with Crippen LogP contribution < -0.4 is 5.73 Å². The van der Waals surface area contributed by atoms with Gasteiger partial charge >= 0.3 is 0 Å². The lowest BCUT2D eigenvalue weighted by molar-refractivity contribution is 0.432. The lowest BCUT2D eigenvalue weighted by Gasteiger charge is -1.96. The number of hydrogen-bond acceptors (Lipinski definition) is 7. The van der Waals surface area contributed by atoms with Crippen molar-refractivity contribution in [3.8, 4) is 23.0 Å². The first-order chi connectivity index (χ1) is 9.33. The Balaban J connectivity index is 1.82. The van der Waals surface area contributed by atoms with Gasteiger partial charge in [0, 0.05) is 10.3 Å². The van der Waals surface area contributed by atoms with Crippen LogP contribution in [0.15, 0.2) is 15.4 Å². The molecular formula is C12H10N4OS2. The average Bonchev–Trinajstić information content (AvgIpc) is 3.11. The molecule has 96 valence electrons. The molecule has 0 radical (unpaired) electrons. The van der Waals surface area contributed by atoms with Crippen molar-refractivity contribution in [3.05, 3.63) is 21.3 Å². The quantitative estimate of drug-likeness (QED) is 0.785. The monoisotopic (exact) mass is 290 g/mol. The topological polar surface area (TPSA) is 77.8 Å². The standard InChI is InChI=1S/C12H10N4OS2/c13-10-9(6-2-1-3-8(6)19-10)12-15-11(16-17-12)7-4-18-5-14-7/h4-5H,1-3,13H2. The van der Waals surface area contributed by atoms with Gasteiger partial charge in [-0.05, 0) is 24.8 Å². The second-order valence-corrected chi connectivity index (χ2v) is 6.25. The van der Waals surface area contributed by atoms with Crippen LogP contribution in [-0.2, 0) is 12.8 Å². The number of nitrogens with two attached hydrogens (primary N) is 1. The van der Waals surface area contributed by atoms with Crippen LogP contribution in [0.3, 0.4) is 0 Å². The first kappa shape index (κ1) is 11.1. The van der Waals surface area contributed by atoms with Gasteiger partial charge in [0.1, 0.15) is 5.69 Å². The van der Waals surface area contributed by atoms with E-state index in [0.717, 1.165) is 29.1 Å². The molecule has 7 heteroatoms. The van der Waals surface area contributed by atoms with Crippen LogP contribution in [0.1, 0.15) is 16.9 Å². The van der Waals surface area contributed by atoms with Crippen molar-refractivity contribution >= 4 is 27.7 Å². The lowest BCUT2D eigenvalue weighted by atomic mass is 10.1. The first-order valence-corrected chi connectivity index (χ1v) is 7.71. The van der Waals surface area contributed by atoms with E-state index in [4.69, 9.17) is 10.3 Å². The summed E-state index contributed by atoms with van der Waals surface area (Å²) in [5, 5.41) is 6.66. The van der Waals surface area contributed by atoms with Crippen LogP contribution in [0.5, 0.6) is 0 Å². The summed E-state index contributed by atoms with van der Waals surface area (Å²) in [6, 6.07) is 0. The fourth-order valence-electron chi connectivity index (χ4n) is 2.41. The SMILES string of the molecule is Nc1sc2c(c1-c1nc(-c3cscn3)no1)CCC2. The van der Waals surface area contributed by atoms with Gasteiger partial charge in [0.05, 0.1) is 16.1 Å². The summed E-state index contributed by atoms with van der Waals surface area (Å²) < 4.78 is 5.37. The second kappa shape index (κ2) is 4.14. The Hall–Kier alpha value is -1.73. The smallest absolute Gasteiger partial charge is 0.261 e. The molecule has 0 saturated heterocycles. The van der Waals surface area contributed by atoms with Crippen LogP contribution in [0.4, 0.5) is 5.00 Å². The molecule has 3 aromatic rings. The largest absolute Gasteiger partial charge is 0.390 e. The number of nitrogen functional groups attached to an aromatic ring is 1. The molecule has 0 spiro atoms. The highest BCUT2D eigenvalue weighted by atomic mass is 32.1. The van der Waals surface area contributed by atoms with Crippen LogP contribution in [0.2, 0.25) is 0 Å². The minimum atomic E-state index is 0.514. The highest BCUT2D eigenvalue weighted by Crippen LogP contribution is 2.43. The predicted octanol–water partition coefficient (Wildman–Crippen LogP) is 2.99. The van der Waals surface area contributed by atoms with Crippen molar-refractivity contribution in [2.45, 2.75) is 19.3 Å². The number of hydrogen-bond donors (Lipinski definition) is 1. The fourth-order valence-corrected chi connectivity index (χ4v) is 4.09. The van der Waals surface area contributed by atoms with Gasteiger partial charge in [0.15, 0.2) is 0 Å². The molecule has 0 fully saturated rings. The summed E-state index contributed by atoms with van der Waals surface area (Å²) in [6.45, 7) is 0. The van der Waals surface area contributed by atoms with Crippen molar-refractivity contribution in [1.29, 1.82) is 0 Å². The minimum Gasteiger partial charge on any atom is -0.390 e. The molecule has 0 aliphatic heterocycles. The number of thiazole rings is 1. The van der Waals surface area contributed by atoms with Gasteiger partial charge in [0.25, 0.3) is 5.89 Å². The molecule has 3 heterocycles. The lowest BCUT2D eigenvalue weighted by Crippen LogP contribution is -1.88. The predicted molar refractivity (Wildman–Crippen MR) is 75.2 cm³/mol. The Labute approximate surface area is 117 Å². The Bertz CT molecular complexity index is 729. The highest BCUT2D eigenvalue weighted by molar-refractivity contribution is 7.16. The number of rotatable bonds is 2. The molecule has 0 unspecified atom stereocenters. The molecule has 0 amide bonds. The highest BCUT2D eigenvalue weighted by Gasteiger charge is 2.25. The minimum absolute atomic E-state index is 0.514. The van der Waals surface area contributed by atoms with E-state index in [1.54, 1.807) is 16.8 Å². The zero-order valence-corrected chi connectivity index (χ0v) is 11.6. The van der Waals surface area contributed by atoms with E-state index in [9.17, 15) is 0 Å². The van der Waals surface area contributed by atoms with Gasteiger partial charge in [-0.15, -0.1) is 22.7 Å². The van der Waals surface area contributed by atoms with Crippen molar-refractivity contribution in [3.63, 3.8) is 0 Å². The third-order valence-corrected chi connectivity index (χ3v) is 4.96. The normalized spacial score (nSPS) is 13.9. The average molecular weight is 290 g/mol. The number of thiophene rings is 1. The Kier molecular flexibility index (Phi) is 2.42.